The van der Waals surface area contributed by atoms with Crippen molar-refractivity contribution in [3.05, 3.63) is 23.3 Å². The molecule has 0 aromatic heterocycles. The molecule has 1 aromatic rings. The topological polar surface area (TPSA) is 96.3 Å². The van der Waals surface area contributed by atoms with Crippen LogP contribution in [0.3, 0.4) is 0 Å². The fraction of sp³-hybridized carbons (Fsp3) is 0.200. The first-order valence-corrected chi connectivity index (χ1v) is 4.16. The van der Waals surface area contributed by atoms with Gasteiger partial charge in [-0.15, -0.1) is 0 Å². The van der Waals surface area contributed by atoms with Crippen molar-refractivity contribution in [3.63, 3.8) is 0 Å². The molecule has 0 aliphatic heterocycles. The average Bonchev–Trinajstić information content (AvgIpc) is 2.15. The van der Waals surface area contributed by atoms with Crippen molar-refractivity contribution in [2.75, 3.05) is 12.8 Å². The highest BCUT2D eigenvalue weighted by atomic mass is 16.5. The molecule has 0 radical (unpaired) electrons. The van der Waals surface area contributed by atoms with Crippen molar-refractivity contribution < 1.29 is 14.6 Å². The maximum Gasteiger partial charge on any atom is 0.307 e. The SMILES string of the molecule is COc1c(C#N)cc(N)cc1CC(=O)O. The van der Waals surface area contributed by atoms with Gasteiger partial charge >= 0.3 is 5.97 Å². The van der Waals surface area contributed by atoms with Crippen molar-refractivity contribution in [1.82, 2.24) is 0 Å². The lowest BCUT2D eigenvalue weighted by molar-refractivity contribution is -0.136. The average molecular weight is 206 g/mol. The number of benzene rings is 1. The third kappa shape index (κ3) is 2.38. The van der Waals surface area contributed by atoms with E-state index in [9.17, 15) is 4.79 Å². The number of hydrogen-bond donors (Lipinski definition) is 2. The van der Waals surface area contributed by atoms with Crippen molar-refractivity contribution in [2.24, 2.45) is 0 Å². The highest BCUT2D eigenvalue weighted by Crippen LogP contribution is 2.26. The van der Waals surface area contributed by atoms with Gasteiger partial charge in [-0.1, -0.05) is 0 Å². The van der Waals surface area contributed by atoms with Crippen LogP contribution in [0.4, 0.5) is 5.69 Å². The van der Waals surface area contributed by atoms with Gasteiger partial charge in [0.05, 0.1) is 19.1 Å². The highest BCUT2D eigenvalue weighted by Gasteiger charge is 2.13. The van der Waals surface area contributed by atoms with Crippen LogP contribution in [0.2, 0.25) is 0 Å². The summed E-state index contributed by atoms with van der Waals surface area (Å²) in [7, 11) is 1.39. The molecule has 1 aromatic carbocycles. The smallest absolute Gasteiger partial charge is 0.307 e. The molecule has 0 heterocycles. The molecule has 0 saturated heterocycles. The number of aliphatic carboxylic acids is 1. The Labute approximate surface area is 86.7 Å². The quantitative estimate of drug-likeness (QED) is 0.712. The summed E-state index contributed by atoms with van der Waals surface area (Å²) in [5.74, 6) is -0.725. The monoisotopic (exact) mass is 206 g/mol. The Hall–Kier alpha value is -2.22. The lowest BCUT2D eigenvalue weighted by Gasteiger charge is -2.09. The summed E-state index contributed by atoms with van der Waals surface area (Å²) in [6, 6.07) is 4.85. The predicted molar refractivity (Wildman–Crippen MR) is 53.5 cm³/mol. The van der Waals surface area contributed by atoms with Crippen LogP contribution in [-0.4, -0.2) is 18.2 Å². The van der Waals surface area contributed by atoms with Crippen LogP contribution in [0.15, 0.2) is 12.1 Å². The van der Waals surface area contributed by atoms with Crippen molar-refractivity contribution >= 4 is 11.7 Å². The van der Waals surface area contributed by atoms with E-state index >= 15 is 0 Å². The minimum absolute atomic E-state index is 0.219. The van der Waals surface area contributed by atoms with Crippen LogP contribution in [0.5, 0.6) is 5.75 Å². The number of nitriles is 1. The van der Waals surface area contributed by atoms with Gasteiger partial charge in [0.1, 0.15) is 11.8 Å². The maximum atomic E-state index is 10.6. The molecule has 0 aliphatic carbocycles. The molecule has 5 heteroatoms. The summed E-state index contributed by atoms with van der Waals surface area (Å²) in [6.07, 6.45) is -0.219. The normalized spacial score (nSPS) is 9.33. The number of anilines is 1. The van der Waals surface area contributed by atoms with Gasteiger partial charge in [0.2, 0.25) is 0 Å². The number of carbonyl (C=O) groups is 1. The molecule has 0 fully saturated rings. The second-order valence-electron chi connectivity index (χ2n) is 2.94. The van der Waals surface area contributed by atoms with Crippen LogP contribution < -0.4 is 10.5 Å². The lowest BCUT2D eigenvalue weighted by Crippen LogP contribution is -2.04. The van der Waals surface area contributed by atoms with Gasteiger partial charge in [-0.05, 0) is 12.1 Å². The number of nitrogens with zero attached hydrogens (tertiary/aromatic N) is 1. The number of carboxylic acid groups (broad SMARTS) is 1. The summed E-state index contributed by atoms with van der Waals surface area (Å²) >= 11 is 0. The van der Waals surface area contributed by atoms with E-state index < -0.39 is 5.97 Å². The van der Waals surface area contributed by atoms with Crippen LogP contribution in [0.1, 0.15) is 11.1 Å². The van der Waals surface area contributed by atoms with Gasteiger partial charge in [-0.2, -0.15) is 5.26 Å². The molecule has 0 atom stereocenters. The van der Waals surface area contributed by atoms with E-state index in [-0.39, 0.29) is 17.7 Å². The molecule has 0 amide bonds. The number of carboxylic acids is 1. The molecule has 0 aliphatic rings. The zero-order valence-electron chi connectivity index (χ0n) is 8.15. The van der Waals surface area contributed by atoms with Gasteiger partial charge in [0.25, 0.3) is 0 Å². The molecule has 0 unspecified atom stereocenters. The Balaban J connectivity index is 3.30. The van der Waals surface area contributed by atoms with Gasteiger partial charge in [0, 0.05) is 11.3 Å². The van der Waals surface area contributed by atoms with Crippen LogP contribution in [-0.2, 0) is 11.2 Å². The molecular formula is C10H10N2O3. The molecule has 3 N–H and O–H groups in total. The first-order chi connectivity index (χ1) is 7.08. The first kappa shape index (κ1) is 10.9. The molecule has 5 nitrogen and oxygen atoms in total. The maximum absolute atomic E-state index is 10.6. The standard InChI is InChI=1S/C10H10N2O3/c1-15-10-6(4-9(13)14)2-8(12)3-7(10)5-11/h2-3H,4,12H2,1H3,(H,13,14). The predicted octanol–water partition coefficient (Wildman–Crippen LogP) is 0.776. The first-order valence-electron chi connectivity index (χ1n) is 4.16. The number of nitrogen functional groups attached to an aromatic ring is 1. The Morgan fingerprint density at radius 2 is 2.33 bits per heavy atom. The van der Waals surface area contributed by atoms with Gasteiger partial charge < -0.3 is 15.6 Å². The Bertz CT molecular complexity index is 435. The molecular weight excluding hydrogens is 196 g/mol. The number of hydrogen-bond acceptors (Lipinski definition) is 4. The second-order valence-corrected chi connectivity index (χ2v) is 2.94. The van der Waals surface area contributed by atoms with E-state index in [0.717, 1.165) is 0 Å². The van der Waals surface area contributed by atoms with E-state index in [2.05, 4.69) is 0 Å². The lowest BCUT2D eigenvalue weighted by atomic mass is 10.1. The minimum Gasteiger partial charge on any atom is -0.495 e. The summed E-state index contributed by atoms with van der Waals surface area (Å²) in [4.78, 5) is 10.6. The third-order valence-electron chi connectivity index (χ3n) is 1.85. The Morgan fingerprint density at radius 1 is 1.67 bits per heavy atom. The number of methoxy groups -OCH3 is 1. The largest absolute Gasteiger partial charge is 0.495 e. The number of rotatable bonds is 3. The van der Waals surface area contributed by atoms with E-state index in [1.54, 1.807) is 0 Å². The summed E-state index contributed by atoms with van der Waals surface area (Å²) in [5.41, 5.74) is 6.53. The Kier molecular flexibility index (Phi) is 3.13. The van der Waals surface area contributed by atoms with E-state index in [4.69, 9.17) is 20.8 Å². The molecule has 1 rings (SSSR count). The van der Waals surface area contributed by atoms with Crippen molar-refractivity contribution in [3.8, 4) is 11.8 Å². The summed E-state index contributed by atoms with van der Waals surface area (Å²) < 4.78 is 4.98. The molecule has 78 valence electrons. The molecule has 0 bridgehead atoms. The van der Waals surface area contributed by atoms with Crippen LogP contribution in [0, 0.1) is 11.3 Å². The molecule has 0 saturated carbocycles. The summed E-state index contributed by atoms with van der Waals surface area (Å²) in [5, 5.41) is 17.5. The highest BCUT2D eigenvalue weighted by molar-refractivity contribution is 5.73. The number of nitrogens with two attached hydrogens (primary N) is 1. The molecule has 15 heavy (non-hydrogen) atoms. The van der Waals surface area contributed by atoms with Gasteiger partial charge in [0.15, 0.2) is 0 Å². The molecule has 0 spiro atoms. The third-order valence-corrected chi connectivity index (χ3v) is 1.85. The van der Waals surface area contributed by atoms with E-state index in [1.165, 1.54) is 19.2 Å². The zero-order chi connectivity index (χ0) is 11.4. The summed E-state index contributed by atoms with van der Waals surface area (Å²) in [6.45, 7) is 0. The van der Waals surface area contributed by atoms with Crippen molar-refractivity contribution in [1.29, 1.82) is 5.26 Å². The zero-order valence-corrected chi connectivity index (χ0v) is 8.15. The van der Waals surface area contributed by atoms with Crippen LogP contribution in [0.25, 0.3) is 0 Å². The van der Waals surface area contributed by atoms with E-state index in [0.29, 0.717) is 11.3 Å². The van der Waals surface area contributed by atoms with Gasteiger partial charge in [-0.3, -0.25) is 4.79 Å². The van der Waals surface area contributed by atoms with Gasteiger partial charge in [-0.25, -0.2) is 0 Å². The Morgan fingerprint density at radius 3 is 2.80 bits per heavy atom. The second kappa shape index (κ2) is 4.33. The van der Waals surface area contributed by atoms with Crippen molar-refractivity contribution in [2.45, 2.75) is 6.42 Å². The fourth-order valence-corrected chi connectivity index (χ4v) is 1.33. The minimum atomic E-state index is -0.997. The fourth-order valence-electron chi connectivity index (χ4n) is 1.33. The van der Waals surface area contributed by atoms with E-state index in [1.807, 2.05) is 6.07 Å². The van der Waals surface area contributed by atoms with Crippen LogP contribution >= 0.6 is 0 Å². The number of ether oxygens (including phenoxy) is 1.